The maximum Gasteiger partial charge on any atom is 0.302 e. The van der Waals surface area contributed by atoms with Crippen LogP contribution in [0.1, 0.15) is 12.5 Å². The summed E-state index contributed by atoms with van der Waals surface area (Å²) in [4.78, 5) is 10.6. The van der Waals surface area contributed by atoms with Gasteiger partial charge < -0.3 is 15.2 Å². The van der Waals surface area contributed by atoms with Crippen LogP contribution in [-0.2, 0) is 26.0 Å². The van der Waals surface area contributed by atoms with E-state index in [0.717, 1.165) is 0 Å². The van der Waals surface area contributed by atoms with Gasteiger partial charge in [-0.25, -0.2) is 13.6 Å². The molecule has 7 nitrogen and oxygen atoms in total. The van der Waals surface area contributed by atoms with Crippen molar-refractivity contribution < 1.29 is 22.7 Å². The Bertz CT molecular complexity index is 586. The number of hydrogen-bond donors (Lipinski definition) is 2. The van der Waals surface area contributed by atoms with E-state index >= 15 is 0 Å². The number of esters is 1. The fourth-order valence-corrected chi connectivity index (χ4v) is 2.40. The first-order chi connectivity index (χ1) is 9.24. The minimum absolute atomic E-state index is 0.0616. The third kappa shape index (κ3) is 4.80. The third-order valence-electron chi connectivity index (χ3n) is 2.53. The van der Waals surface area contributed by atoms with Gasteiger partial charge in [0.1, 0.15) is 17.3 Å². The molecule has 0 aromatic heterocycles. The minimum Gasteiger partial charge on any atom is -0.495 e. The van der Waals surface area contributed by atoms with Crippen LogP contribution in [0.4, 0.5) is 0 Å². The quantitative estimate of drug-likeness (QED) is 0.700. The molecule has 1 aromatic rings. The van der Waals surface area contributed by atoms with Gasteiger partial charge in [0.25, 0.3) is 0 Å². The van der Waals surface area contributed by atoms with Gasteiger partial charge in [-0.05, 0) is 24.1 Å². The number of nitrogens with two attached hydrogens (primary N) is 2. The molecule has 1 rings (SSSR count). The van der Waals surface area contributed by atoms with Crippen molar-refractivity contribution in [1.29, 1.82) is 0 Å². The van der Waals surface area contributed by atoms with Gasteiger partial charge in [0.2, 0.25) is 10.0 Å². The maximum atomic E-state index is 11.5. The van der Waals surface area contributed by atoms with Gasteiger partial charge >= 0.3 is 5.97 Å². The summed E-state index contributed by atoms with van der Waals surface area (Å²) in [6.45, 7) is 1.35. The van der Waals surface area contributed by atoms with E-state index in [2.05, 4.69) is 0 Å². The van der Waals surface area contributed by atoms with Crippen LogP contribution >= 0.6 is 0 Å². The van der Waals surface area contributed by atoms with E-state index in [0.29, 0.717) is 12.0 Å². The van der Waals surface area contributed by atoms with E-state index in [1.807, 2.05) is 0 Å². The van der Waals surface area contributed by atoms with Crippen LogP contribution in [0.25, 0.3) is 0 Å². The van der Waals surface area contributed by atoms with Crippen molar-refractivity contribution in [2.75, 3.05) is 13.7 Å². The molecular weight excluding hydrogens is 284 g/mol. The number of rotatable bonds is 6. The fourth-order valence-electron chi connectivity index (χ4n) is 1.66. The summed E-state index contributed by atoms with van der Waals surface area (Å²) in [6.07, 6.45) is 0.347. The molecule has 1 aromatic carbocycles. The second-order valence-electron chi connectivity index (χ2n) is 4.30. The van der Waals surface area contributed by atoms with Crippen LogP contribution in [-0.4, -0.2) is 34.1 Å². The van der Waals surface area contributed by atoms with Crippen LogP contribution in [0, 0.1) is 0 Å². The molecule has 112 valence electrons. The topological polar surface area (TPSA) is 122 Å². The molecule has 0 fully saturated rings. The normalized spacial score (nSPS) is 12.8. The van der Waals surface area contributed by atoms with Crippen molar-refractivity contribution in [3.63, 3.8) is 0 Å². The monoisotopic (exact) mass is 302 g/mol. The molecule has 0 aliphatic carbocycles. The zero-order chi connectivity index (χ0) is 15.3. The van der Waals surface area contributed by atoms with Crippen molar-refractivity contribution >= 4 is 16.0 Å². The first-order valence-electron chi connectivity index (χ1n) is 5.82. The number of methoxy groups -OCH3 is 1. The molecule has 0 aliphatic heterocycles. The molecule has 0 saturated carbocycles. The second kappa shape index (κ2) is 6.69. The molecule has 1 unspecified atom stereocenters. The molecule has 0 saturated heterocycles. The second-order valence-corrected chi connectivity index (χ2v) is 5.83. The molecular formula is C12H18N2O5S. The summed E-state index contributed by atoms with van der Waals surface area (Å²) in [7, 11) is -2.52. The zero-order valence-corrected chi connectivity index (χ0v) is 12.1. The summed E-state index contributed by atoms with van der Waals surface area (Å²) in [5.74, 6) is -0.245. The van der Waals surface area contributed by atoms with Crippen molar-refractivity contribution in [2.45, 2.75) is 24.3 Å². The molecule has 1 atom stereocenters. The van der Waals surface area contributed by atoms with Gasteiger partial charge in [0.05, 0.1) is 7.11 Å². The Hall–Kier alpha value is -1.64. The van der Waals surface area contributed by atoms with Crippen molar-refractivity contribution in [3.05, 3.63) is 23.8 Å². The highest BCUT2D eigenvalue weighted by atomic mass is 32.2. The lowest BCUT2D eigenvalue weighted by Gasteiger charge is -2.13. The van der Waals surface area contributed by atoms with Crippen LogP contribution in [0.3, 0.4) is 0 Å². The molecule has 0 spiro atoms. The van der Waals surface area contributed by atoms with Gasteiger partial charge in [0, 0.05) is 13.0 Å². The standard InChI is InChI=1S/C12H18N2O5S/c1-8(15)19-7-10(13)5-9-3-4-11(18-2)12(6-9)20(14,16)17/h3-4,6,10H,5,7,13H2,1-2H3,(H2,14,16,17). The van der Waals surface area contributed by atoms with E-state index in [1.165, 1.54) is 26.2 Å². The van der Waals surface area contributed by atoms with E-state index in [4.69, 9.17) is 20.3 Å². The number of carbonyl (C=O) groups excluding carboxylic acids is 1. The highest BCUT2D eigenvalue weighted by Gasteiger charge is 2.16. The SMILES string of the molecule is COc1ccc(CC(N)COC(C)=O)cc1S(N)(=O)=O. The molecule has 0 radical (unpaired) electrons. The van der Waals surface area contributed by atoms with Gasteiger partial charge in [-0.2, -0.15) is 0 Å². The highest BCUT2D eigenvalue weighted by Crippen LogP contribution is 2.24. The molecule has 0 amide bonds. The average molecular weight is 302 g/mol. The number of ether oxygens (including phenoxy) is 2. The molecule has 8 heteroatoms. The van der Waals surface area contributed by atoms with Crippen molar-refractivity contribution in [1.82, 2.24) is 0 Å². The molecule has 0 aliphatic rings. The lowest BCUT2D eigenvalue weighted by Crippen LogP contribution is -2.29. The van der Waals surface area contributed by atoms with Gasteiger partial charge in [-0.15, -0.1) is 0 Å². The largest absolute Gasteiger partial charge is 0.495 e. The Labute approximate surface area is 117 Å². The van der Waals surface area contributed by atoms with Crippen LogP contribution in [0.5, 0.6) is 5.75 Å². The van der Waals surface area contributed by atoms with E-state index < -0.39 is 22.0 Å². The minimum atomic E-state index is -3.88. The van der Waals surface area contributed by atoms with Crippen molar-refractivity contribution in [2.24, 2.45) is 10.9 Å². The first-order valence-corrected chi connectivity index (χ1v) is 7.37. The first kappa shape index (κ1) is 16.4. The summed E-state index contributed by atoms with van der Waals surface area (Å²) in [6, 6.07) is 4.16. The number of primary sulfonamides is 1. The Morgan fingerprint density at radius 1 is 1.40 bits per heavy atom. The van der Waals surface area contributed by atoms with Gasteiger partial charge in [-0.3, -0.25) is 4.79 Å². The average Bonchev–Trinajstić information content (AvgIpc) is 2.35. The molecule has 20 heavy (non-hydrogen) atoms. The summed E-state index contributed by atoms with van der Waals surface area (Å²) in [5, 5.41) is 5.12. The summed E-state index contributed by atoms with van der Waals surface area (Å²) >= 11 is 0. The predicted molar refractivity (Wildman–Crippen MR) is 72.7 cm³/mol. The van der Waals surface area contributed by atoms with E-state index in [-0.39, 0.29) is 17.3 Å². The fraction of sp³-hybridized carbons (Fsp3) is 0.417. The molecule has 0 bridgehead atoms. The lowest BCUT2D eigenvalue weighted by molar-refractivity contribution is -0.141. The van der Waals surface area contributed by atoms with Crippen molar-refractivity contribution in [3.8, 4) is 5.75 Å². The number of benzene rings is 1. The smallest absolute Gasteiger partial charge is 0.302 e. The number of sulfonamides is 1. The molecule has 0 heterocycles. The van der Waals surface area contributed by atoms with E-state index in [1.54, 1.807) is 6.07 Å². The summed E-state index contributed by atoms with van der Waals surface area (Å²) < 4.78 is 32.7. The Balaban J connectivity index is 2.90. The Morgan fingerprint density at radius 3 is 2.55 bits per heavy atom. The molecule has 4 N–H and O–H groups in total. The van der Waals surface area contributed by atoms with Gasteiger partial charge in [-0.1, -0.05) is 6.07 Å². The van der Waals surface area contributed by atoms with Crippen LogP contribution in [0.15, 0.2) is 23.1 Å². The zero-order valence-electron chi connectivity index (χ0n) is 11.3. The maximum absolute atomic E-state index is 11.5. The Morgan fingerprint density at radius 2 is 2.05 bits per heavy atom. The van der Waals surface area contributed by atoms with Crippen LogP contribution in [0.2, 0.25) is 0 Å². The van der Waals surface area contributed by atoms with Crippen LogP contribution < -0.4 is 15.6 Å². The number of hydrogen-bond acceptors (Lipinski definition) is 6. The lowest BCUT2D eigenvalue weighted by atomic mass is 10.1. The Kier molecular flexibility index (Phi) is 5.49. The predicted octanol–water partition coefficient (Wildman–Crippen LogP) is -0.224. The van der Waals surface area contributed by atoms with Gasteiger partial charge in [0.15, 0.2) is 0 Å². The highest BCUT2D eigenvalue weighted by molar-refractivity contribution is 7.89. The van der Waals surface area contributed by atoms with E-state index in [9.17, 15) is 13.2 Å². The third-order valence-corrected chi connectivity index (χ3v) is 3.47. The number of carbonyl (C=O) groups is 1. The summed E-state index contributed by atoms with van der Waals surface area (Å²) in [5.41, 5.74) is 6.46.